The molecular weight excluding hydrogens is 464 g/mol. The van der Waals surface area contributed by atoms with Gasteiger partial charge in [-0.25, -0.2) is 8.42 Å². The minimum Gasteiger partial charge on any atom is -0.497 e. The lowest BCUT2D eigenvalue weighted by Gasteiger charge is -2.21. The number of carbonyl (C=O) groups is 1. The lowest BCUT2D eigenvalue weighted by atomic mass is 9.97. The second-order valence-electron chi connectivity index (χ2n) is 7.67. The summed E-state index contributed by atoms with van der Waals surface area (Å²) in [5.74, 6) is 0.901. The SMILES string of the molecule is CC.COc1ccc(C2=C(c3ccc(S(C)(=O)=O)cc3)CN(c3cccc(N)c3OC)C2=O)cc1. The minimum atomic E-state index is -3.33. The Morgan fingerprint density at radius 2 is 1.46 bits per heavy atom. The van der Waals surface area contributed by atoms with E-state index in [0.29, 0.717) is 28.4 Å². The molecule has 3 aromatic carbocycles. The van der Waals surface area contributed by atoms with Crippen LogP contribution >= 0.6 is 0 Å². The Morgan fingerprint density at radius 3 is 2.00 bits per heavy atom. The number of nitrogens with two attached hydrogens (primary N) is 1. The highest BCUT2D eigenvalue weighted by Crippen LogP contribution is 2.42. The van der Waals surface area contributed by atoms with Gasteiger partial charge in [0.15, 0.2) is 15.6 Å². The lowest BCUT2D eigenvalue weighted by Crippen LogP contribution is -2.27. The van der Waals surface area contributed by atoms with E-state index in [4.69, 9.17) is 15.2 Å². The van der Waals surface area contributed by atoms with Crippen molar-refractivity contribution in [3.8, 4) is 11.5 Å². The molecule has 0 unspecified atom stereocenters. The van der Waals surface area contributed by atoms with Gasteiger partial charge >= 0.3 is 0 Å². The molecule has 0 atom stereocenters. The summed E-state index contributed by atoms with van der Waals surface area (Å²) >= 11 is 0. The van der Waals surface area contributed by atoms with E-state index < -0.39 is 9.84 Å². The van der Waals surface area contributed by atoms with Gasteiger partial charge in [0.05, 0.1) is 42.6 Å². The van der Waals surface area contributed by atoms with Crippen LogP contribution in [0.3, 0.4) is 0 Å². The van der Waals surface area contributed by atoms with Crippen LogP contribution in [0.2, 0.25) is 0 Å². The molecule has 0 spiro atoms. The van der Waals surface area contributed by atoms with E-state index in [2.05, 4.69) is 0 Å². The van der Waals surface area contributed by atoms with Crippen molar-refractivity contribution < 1.29 is 22.7 Å². The summed E-state index contributed by atoms with van der Waals surface area (Å²) in [6.45, 7) is 4.28. The molecule has 0 bridgehead atoms. The average molecular weight is 495 g/mol. The molecule has 1 aliphatic heterocycles. The molecule has 0 saturated heterocycles. The first-order valence-corrected chi connectivity index (χ1v) is 13.1. The Kier molecular flexibility index (Phi) is 7.86. The van der Waals surface area contributed by atoms with Gasteiger partial charge in [-0.15, -0.1) is 0 Å². The third-order valence-electron chi connectivity index (χ3n) is 5.61. The van der Waals surface area contributed by atoms with Gasteiger partial charge in [-0.2, -0.15) is 0 Å². The largest absolute Gasteiger partial charge is 0.497 e. The van der Waals surface area contributed by atoms with Gasteiger partial charge < -0.3 is 20.1 Å². The number of ether oxygens (including phenoxy) is 2. The average Bonchev–Trinajstić information content (AvgIpc) is 3.21. The fourth-order valence-corrected chi connectivity index (χ4v) is 4.57. The maximum absolute atomic E-state index is 13.7. The number of sulfone groups is 1. The van der Waals surface area contributed by atoms with Crippen molar-refractivity contribution in [1.29, 1.82) is 0 Å². The van der Waals surface area contributed by atoms with Crippen molar-refractivity contribution in [3.63, 3.8) is 0 Å². The van der Waals surface area contributed by atoms with E-state index in [0.717, 1.165) is 23.0 Å². The fourth-order valence-electron chi connectivity index (χ4n) is 3.94. The van der Waals surface area contributed by atoms with E-state index in [-0.39, 0.29) is 17.3 Å². The highest BCUT2D eigenvalue weighted by atomic mass is 32.2. The number of benzene rings is 3. The van der Waals surface area contributed by atoms with Crippen LogP contribution < -0.4 is 20.1 Å². The second-order valence-corrected chi connectivity index (χ2v) is 9.69. The first kappa shape index (κ1) is 25.8. The Hall–Kier alpha value is -3.78. The summed E-state index contributed by atoms with van der Waals surface area (Å²) in [6.07, 6.45) is 1.16. The molecule has 0 aromatic heterocycles. The molecule has 1 heterocycles. The third kappa shape index (κ3) is 5.17. The van der Waals surface area contributed by atoms with E-state index in [1.165, 1.54) is 7.11 Å². The monoisotopic (exact) mass is 494 g/mol. The molecule has 7 nitrogen and oxygen atoms in total. The lowest BCUT2D eigenvalue weighted by molar-refractivity contribution is -0.112. The van der Waals surface area contributed by atoms with Gasteiger partial charge in [0.25, 0.3) is 5.91 Å². The first-order valence-electron chi connectivity index (χ1n) is 11.2. The molecule has 35 heavy (non-hydrogen) atoms. The summed E-state index contributed by atoms with van der Waals surface area (Å²) in [5, 5.41) is 0. The van der Waals surface area contributed by atoms with Crippen LogP contribution in [0.15, 0.2) is 71.6 Å². The number of nitrogen functional groups attached to an aromatic ring is 1. The topological polar surface area (TPSA) is 98.9 Å². The van der Waals surface area contributed by atoms with Gasteiger partial charge in [0.2, 0.25) is 0 Å². The molecule has 0 saturated carbocycles. The zero-order chi connectivity index (χ0) is 25.8. The smallest absolute Gasteiger partial charge is 0.259 e. The number of methoxy groups -OCH3 is 2. The molecule has 1 amide bonds. The normalized spacial score (nSPS) is 13.4. The van der Waals surface area contributed by atoms with Crippen molar-refractivity contribution in [1.82, 2.24) is 0 Å². The van der Waals surface area contributed by atoms with Crippen molar-refractivity contribution in [2.45, 2.75) is 18.7 Å². The van der Waals surface area contributed by atoms with E-state index in [1.807, 2.05) is 26.0 Å². The van der Waals surface area contributed by atoms with E-state index in [9.17, 15) is 13.2 Å². The summed E-state index contributed by atoms with van der Waals surface area (Å²) < 4.78 is 34.5. The van der Waals surface area contributed by atoms with Crippen LogP contribution in [0.5, 0.6) is 11.5 Å². The molecule has 8 heteroatoms. The third-order valence-corrected chi connectivity index (χ3v) is 6.73. The summed E-state index contributed by atoms with van der Waals surface area (Å²) in [7, 11) is -0.239. The van der Waals surface area contributed by atoms with E-state index in [1.54, 1.807) is 66.6 Å². The molecule has 2 N–H and O–H groups in total. The number of rotatable bonds is 6. The Morgan fingerprint density at radius 1 is 0.857 bits per heavy atom. The maximum atomic E-state index is 13.7. The number of para-hydroxylation sites is 1. The van der Waals surface area contributed by atoms with Crippen molar-refractivity contribution >= 4 is 38.3 Å². The standard InChI is InChI=1S/C25H24N2O5S.C2H6/c1-31-18-11-7-17(8-12-18)23-20(16-9-13-19(14-10-16)33(3,29)30)15-27(25(23)28)22-6-4-5-21(26)24(22)32-2;1-2/h4-14H,15,26H2,1-3H3;1-2H3. The Balaban J connectivity index is 0.00000167. The molecule has 4 rings (SSSR count). The Labute approximate surface area is 206 Å². The number of anilines is 2. The quantitative estimate of drug-likeness (QED) is 0.500. The predicted octanol–water partition coefficient (Wildman–Crippen LogP) is 4.67. The molecule has 184 valence electrons. The fraction of sp³-hybridized carbons (Fsp3) is 0.222. The highest BCUT2D eigenvalue weighted by molar-refractivity contribution is 7.90. The summed E-state index contributed by atoms with van der Waals surface area (Å²) in [6, 6.07) is 19.1. The zero-order valence-corrected chi connectivity index (χ0v) is 21.3. The van der Waals surface area contributed by atoms with E-state index >= 15 is 0 Å². The molecule has 0 aliphatic carbocycles. The number of hydrogen-bond donors (Lipinski definition) is 1. The molecule has 0 radical (unpaired) electrons. The number of nitrogens with zero attached hydrogens (tertiary/aromatic N) is 1. The Bertz CT molecular complexity index is 1350. The first-order chi connectivity index (χ1) is 16.7. The summed E-state index contributed by atoms with van der Waals surface area (Å²) in [4.78, 5) is 15.5. The number of carbonyl (C=O) groups excluding carboxylic acids is 1. The second kappa shape index (κ2) is 10.7. The van der Waals surface area contributed by atoms with Crippen molar-refractivity contribution in [2.75, 3.05) is 37.7 Å². The highest BCUT2D eigenvalue weighted by Gasteiger charge is 2.34. The molecule has 3 aromatic rings. The van der Waals surface area contributed by atoms with Crippen LogP contribution in [-0.2, 0) is 14.6 Å². The van der Waals surface area contributed by atoms with Gasteiger partial charge in [-0.05, 0) is 53.1 Å². The number of amides is 1. The van der Waals surface area contributed by atoms with Crippen molar-refractivity contribution in [3.05, 3.63) is 77.9 Å². The number of hydrogen-bond acceptors (Lipinski definition) is 6. The minimum absolute atomic E-state index is 0.203. The summed E-state index contributed by atoms with van der Waals surface area (Å²) in [5.41, 5.74) is 9.86. The maximum Gasteiger partial charge on any atom is 0.259 e. The van der Waals surface area contributed by atoms with Crippen molar-refractivity contribution in [2.24, 2.45) is 0 Å². The van der Waals surface area contributed by atoms with Crippen LogP contribution in [0.25, 0.3) is 11.1 Å². The van der Waals surface area contributed by atoms with Gasteiger partial charge in [-0.3, -0.25) is 4.79 Å². The van der Waals surface area contributed by atoms with Gasteiger partial charge in [0.1, 0.15) is 5.75 Å². The predicted molar refractivity (Wildman–Crippen MR) is 140 cm³/mol. The van der Waals surface area contributed by atoms with Crippen LogP contribution in [0.4, 0.5) is 11.4 Å². The van der Waals surface area contributed by atoms with Gasteiger partial charge in [0, 0.05) is 6.26 Å². The zero-order valence-electron chi connectivity index (χ0n) is 20.5. The molecular formula is C27H30N2O5S. The van der Waals surface area contributed by atoms with Gasteiger partial charge in [-0.1, -0.05) is 44.2 Å². The van der Waals surface area contributed by atoms with Crippen LogP contribution in [0.1, 0.15) is 25.0 Å². The van der Waals surface area contributed by atoms with Crippen LogP contribution in [0, 0.1) is 0 Å². The molecule has 1 aliphatic rings. The van der Waals surface area contributed by atoms with Crippen LogP contribution in [-0.4, -0.2) is 41.3 Å². The molecule has 0 fully saturated rings.